The van der Waals surface area contributed by atoms with Gasteiger partial charge in [0.25, 0.3) is 0 Å². The molecule has 1 heterocycles. The van der Waals surface area contributed by atoms with E-state index in [9.17, 15) is 4.79 Å². The van der Waals surface area contributed by atoms with Crippen LogP contribution in [0.5, 0.6) is 0 Å². The SMILES string of the molecule is Cn1ncc2ccc(C=O)cc21. The number of benzene rings is 1. The highest BCUT2D eigenvalue weighted by molar-refractivity contribution is 5.86. The van der Waals surface area contributed by atoms with Gasteiger partial charge in [-0.05, 0) is 6.07 Å². The van der Waals surface area contributed by atoms with Gasteiger partial charge in [0, 0.05) is 18.0 Å². The molecule has 2 rings (SSSR count). The zero-order chi connectivity index (χ0) is 8.55. The molecule has 0 spiro atoms. The largest absolute Gasteiger partial charge is 0.298 e. The molecule has 0 amide bonds. The fourth-order valence-corrected chi connectivity index (χ4v) is 1.23. The number of nitrogens with zero attached hydrogens (tertiary/aromatic N) is 2. The van der Waals surface area contributed by atoms with Crippen molar-refractivity contribution in [2.75, 3.05) is 0 Å². The number of aromatic nitrogens is 2. The van der Waals surface area contributed by atoms with Crippen LogP contribution in [0.2, 0.25) is 0 Å². The predicted octanol–water partition coefficient (Wildman–Crippen LogP) is 1.39. The molecule has 1 aromatic heterocycles. The molecule has 0 aliphatic heterocycles. The molecule has 1 aromatic carbocycles. The van der Waals surface area contributed by atoms with Crippen molar-refractivity contribution in [1.29, 1.82) is 0 Å². The number of hydrogen-bond donors (Lipinski definition) is 0. The summed E-state index contributed by atoms with van der Waals surface area (Å²) in [7, 11) is 1.86. The third kappa shape index (κ3) is 0.906. The van der Waals surface area contributed by atoms with E-state index in [0.29, 0.717) is 5.56 Å². The summed E-state index contributed by atoms with van der Waals surface area (Å²) in [6.07, 6.45) is 2.62. The van der Waals surface area contributed by atoms with E-state index in [1.54, 1.807) is 16.9 Å². The Balaban J connectivity index is 2.79. The van der Waals surface area contributed by atoms with Crippen LogP contribution in [0.25, 0.3) is 10.9 Å². The molecular weight excluding hydrogens is 152 g/mol. The van der Waals surface area contributed by atoms with Crippen molar-refractivity contribution >= 4 is 17.2 Å². The van der Waals surface area contributed by atoms with Gasteiger partial charge in [0.15, 0.2) is 0 Å². The average molecular weight is 160 g/mol. The second kappa shape index (κ2) is 2.44. The Bertz CT molecular complexity index is 431. The van der Waals surface area contributed by atoms with Gasteiger partial charge in [0.2, 0.25) is 0 Å². The molecule has 12 heavy (non-hydrogen) atoms. The average Bonchev–Trinajstić information content (AvgIpc) is 2.47. The van der Waals surface area contributed by atoms with Gasteiger partial charge in [-0.2, -0.15) is 5.10 Å². The van der Waals surface area contributed by atoms with Crippen molar-refractivity contribution in [3.05, 3.63) is 30.0 Å². The van der Waals surface area contributed by atoms with E-state index in [-0.39, 0.29) is 0 Å². The Morgan fingerprint density at radius 3 is 3.08 bits per heavy atom. The summed E-state index contributed by atoms with van der Waals surface area (Å²) in [5.41, 5.74) is 1.67. The molecule has 3 heteroatoms. The third-order valence-corrected chi connectivity index (χ3v) is 1.91. The van der Waals surface area contributed by atoms with Crippen molar-refractivity contribution in [2.45, 2.75) is 0 Å². The highest BCUT2D eigenvalue weighted by atomic mass is 16.1. The van der Waals surface area contributed by atoms with Crippen molar-refractivity contribution < 1.29 is 4.79 Å². The predicted molar refractivity (Wildman–Crippen MR) is 46.1 cm³/mol. The maximum atomic E-state index is 10.5. The van der Waals surface area contributed by atoms with E-state index in [1.165, 1.54) is 0 Å². The first kappa shape index (κ1) is 7.03. The minimum absolute atomic E-state index is 0.686. The number of carbonyl (C=O) groups is 1. The Hall–Kier alpha value is -1.64. The lowest BCUT2D eigenvalue weighted by Crippen LogP contribution is -1.89. The summed E-state index contributed by atoms with van der Waals surface area (Å²) in [6.45, 7) is 0. The normalized spacial score (nSPS) is 10.4. The van der Waals surface area contributed by atoms with E-state index in [0.717, 1.165) is 17.2 Å². The van der Waals surface area contributed by atoms with E-state index in [4.69, 9.17) is 0 Å². The lowest BCUT2D eigenvalue weighted by Gasteiger charge is -1.93. The van der Waals surface area contributed by atoms with Crippen LogP contribution < -0.4 is 0 Å². The van der Waals surface area contributed by atoms with Crippen molar-refractivity contribution in [3.8, 4) is 0 Å². The van der Waals surface area contributed by atoms with Crippen LogP contribution in [0.4, 0.5) is 0 Å². The molecule has 2 aromatic rings. The highest BCUT2D eigenvalue weighted by Crippen LogP contribution is 2.13. The number of rotatable bonds is 1. The van der Waals surface area contributed by atoms with E-state index in [1.807, 2.05) is 19.2 Å². The molecule has 0 unspecified atom stereocenters. The Kier molecular flexibility index (Phi) is 1.43. The quantitative estimate of drug-likeness (QED) is 0.591. The monoisotopic (exact) mass is 160 g/mol. The second-order valence-corrected chi connectivity index (χ2v) is 2.70. The standard InChI is InChI=1S/C9H8N2O/c1-11-9-4-7(6-12)2-3-8(9)5-10-11/h2-6H,1H3. The lowest BCUT2D eigenvalue weighted by atomic mass is 10.2. The molecule has 0 N–H and O–H groups in total. The van der Waals surface area contributed by atoms with Gasteiger partial charge in [0.1, 0.15) is 6.29 Å². The molecule has 0 radical (unpaired) electrons. The van der Waals surface area contributed by atoms with Gasteiger partial charge in [-0.3, -0.25) is 9.48 Å². The Morgan fingerprint density at radius 1 is 1.50 bits per heavy atom. The molecular formula is C9H8N2O. The van der Waals surface area contributed by atoms with Gasteiger partial charge >= 0.3 is 0 Å². The Morgan fingerprint density at radius 2 is 2.33 bits per heavy atom. The van der Waals surface area contributed by atoms with Crippen LogP contribution in [0.15, 0.2) is 24.4 Å². The van der Waals surface area contributed by atoms with Crippen LogP contribution in [-0.2, 0) is 7.05 Å². The molecule has 0 aliphatic rings. The van der Waals surface area contributed by atoms with Crippen LogP contribution in [0.1, 0.15) is 10.4 Å². The number of carbonyl (C=O) groups excluding carboxylic acids is 1. The van der Waals surface area contributed by atoms with E-state index in [2.05, 4.69) is 5.10 Å². The first-order chi connectivity index (χ1) is 5.81. The molecule has 0 bridgehead atoms. The fourth-order valence-electron chi connectivity index (χ4n) is 1.23. The maximum Gasteiger partial charge on any atom is 0.150 e. The number of hydrogen-bond acceptors (Lipinski definition) is 2. The summed E-state index contributed by atoms with van der Waals surface area (Å²) < 4.78 is 1.75. The molecule has 0 saturated carbocycles. The first-order valence-corrected chi connectivity index (χ1v) is 3.68. The number of aryl methyl sites for hydroxylation is 1. The van der Waals surface area contributed by atoms with Gasteiger partial charge < -0.3 is 0 Å². The van der Waals surface area contributed by atoms with Crippen molar-refractivity contribution in [1.82, 2.24) is 9.78 Å². The van der Waals surface area contributed by atoms with Crippen LogP contribution in [0, 0.1) is 0 Å². The number of fused-ring (bicyclic) bond motifs is 1. The van der Waals surface area contributed by atoms with Gasteiger partial charge in [-0.15, -0.1) is 0 Å². The summed E-state index contributed by atoms with van der Waals surface area (Å²) in [5.74, 6) is 0. The van der Waals surface area contributed by atoms with Crippen LogP contribution in [-0.4, -0.2) is 16.1 Å². The zero-order valence-corrected chi connectivity index (χ0v) is 6.69. The molecule has 0 aliphatic carbocycles. The summed E-state index contributed by atoms with van der Waals surface area (Å²) in [4.78, 5) is 10.5. The van der Waals surface area contributed by atoms with Crippen LogP contribution >= 0.6 is 0 Å². The topological polar surface area (TPSA) is 34.9 Å². The molecule has 60 valence electrons. The third-order valence-electron chi connectivity index (χ3n) is 1.91. The van der Waals surface area contributed by atoms with E-state index >= 15 is 0 Å². The van der Waals surface area contributed by atoms with Crippen LogP contribution in [0.3, 0.4) is 0 Å². The maximum absolute atomic E-state index is 10.5. The van der Waals surface area contributed by atoms with E-state index < -0.39 is 0 Å². The molecule has 3 nitrogen and oxygen atoms in total. The summed E-state index contributed by atoms with van der Waals surface area (Å²) >= 11 is 0. The molecule has 0 atom stereocenters. The molecule has 0 saturated heterocycles. The minimum Gasteiger partial charge on any atom is -0.298 e. The van der Waals surface area contributed by atoms with Gasteiger partial charge in [-0.1, -0.05) is 12.1 Å². The summed E-state index contributed by atoms with van der Waals surface area (Å²) in [5, 5.41) is 5.13. The second-order valence-electron chi connectivity index (χ2n) is 2.70. The molecule has 0 fully saturated rings. The first-order valence-electron chi connectivity index (χ1n) is 3.68. The smallest absolute Gasteiger partial charge is 0.150 e. The van der Waals surface area contributed by atoms with Crippen molar-refractivity contribution in [3.63, 3.8) is 0 Å². The fraction of sp³-hybridized carbons (Fsp3) is 0.111. The number of aldehydes is 1. The highest BCUT2D eigenvalue weighted by Gasteiger charge is 1.98. The zero-order valence-electron chi connectivity index (χ0n) is 6.69. The summed E-state index contributed by atoms with van der Waals surface area (Å²) in [6, 6.07) is 5.51. The van der Waals surface area contributed by atoms with Crippen molar-refractivity contribution in [2.24, 2.45) is 7.05 Å². The Labute approximate surface area is 69.6 Å². The minimum atomic E-state index is 0.686. The van der Waals surface area contributed by atoms with Gasteiger partial charge in [0.05, 0.1) is 11.7 Å². The lowest BCUT2D eigenvalue weighted by molar-refractivity contribution is 0.112. The van der Waals surface area contributed by atoms with Gasteiger partial charge in [-0.25, -0.2) is 0 Å².